The number of anilines is 1. The fourth-order valence-electron chi connectivity index (χ4n) is 4.32. The molecule has 4 aromatic rings. The van der Waals surface area contributed by atoms with Crippen LogP contribution in [0.25, 0.3) is 22.5 Å². The van der Waals surface area contributed by atoms with Crippen LogP contribution < -0.4 is 21.3 Å². The van der Waals surface area contributed by atoms with Gasteiger partial charge < -0.3 is 19.8 Å². The maximum atomic E-state index is 13.5. The van der Waals surface area contributed by atoms with Crippen molar-refractivity contribution in [2.24, 2.45) is 11.6 Å². The van der Waals surface area contributed by atoms with E-state index < -0.39 is 39.8 Å². The minimum Gasteiger partial charge on any atom is -0.406 e. The first-order valence-corrected chi connectivity index (χ1v) is 14.1. The fourth-order valence-corrected chi connectivity index (χ4v) is 5.36. The maximum absolute atomic E-state index is 13.5. The molecule has 1 heterocycles. The van der Waals surface area contributed by atoms with E-state index in [2.05, 4.69) is 9.72 Å². The third kappa shape index (κ3) is 7.15. The van der Waals surface area contributed by atoms with E-state index in [-0.39, 0.29) is 33.4 Å². The Hall–Kier alpha value is -4.54. The number of aromatic nitrogens is 2. The van der Waals surface area contributed by atoms with E-state index in [1.165, 1.54) is 56.5 Å². The number of hydrogen-bond acceptors (Lipinski definition) is 8. The molecule has 9 nitrogen and oxygen atoms in total. The molecular formula is C28H25F6N5O4S. The molecule has 44 heavy (non-hydrogen) atoms. The summed E-state index contributed by atoms with van der Waals surface area (Å²) in [6.07, 6.45) is -7.80. The van der Waals surface area contributed by atoms with Gasteiger partial charge in [0.15, 0.2) is 11.6 Å². The van der Waals surface area contributed by atoms with Crippen LogP contribution in [0, 0.1) is 6.92 Å². The highest BCUT2D eigenvalue weighted by Gasteiger charge is 2.35. The van der Waals surface area contributed by atoms with Gasteiger partial charge in [0.25, 0.3) is 0 Å². The molecule has 3 aromatic carbocycles. The van der Waals surface area contributed by atoms with Crippen molar-refractivity contribution in [1.82, 2.24) is 9.55 Å². The van der Waals surface area contributed by atoms with E-state index in [4.69, 9.17) is 16.3 Å². The fraction of sp³-hybridized carbons (Fsp3) is 0.179. The molecule has 0 spiro atoms. The Bertz CT molecular complexity index is 1790. The van der Waals surface area contributed by atoms with Crippen LogP contribution in [-0.4, -0.2) is 37.4 Å². The molecule has 0 amide bonds. The number of hydrogen-bond donors (Lipinski definition) is 2. The number of sulfone groups is 1. The molecule has 0 atom stereocenters. The topological polar surface area (TPSA) is 126 Å². The molecule has 0 fully saturated rings. The molecule has 0 unspecified atom stereocenters. The molecule has 0 radical (unpaired) electrons. The number of imidazole rings is 1. The second-order valence-corrected chi connectivity index (χ2v) is 11.2. The summed E-state index contributed by atoms with van der Waals surface area (Å²) in [6.45, 7) is 1.36. The van der Waals surface area contributed by atoms with Crippen LogP contribution in [0.3, 0.4) is 0 Å². The van der Waals surface area contributed by atoms with E-state index in [1.54, 1.807) is 12.1 Å². The van der Waals surface area contributed by atoms with Gasteiger partial charge in [0.05, 0.1) is 22.0 Å². The number of benzene rings is 3. The molecule has 0 saturated heterocycles. The number of nitrogens with zero attached hydrogens (tertiary/aromatic N) is 3. The zero-order valence-electron chi connectivity index (χ0n) is 23.0. The van der Waals surface area contributed by atoms with Crippen molar-refractivity contribution in [1.29, 1.82) is 0 Å². The summed E-state index contributed by atoms with van der Waals surface area (Å²) in [5.41, 5.74) is 6.09. The van der Waals surface area contributed by atoms with Gasteiger partial charge in [-0.2, -0.15) is 13.2 Å². The predicted molar refractivity (Wildman–Crippen MR) is 150 cm³/mol. The maximum Gasteiger partial charge on any atom is 0.573 e. The molecule has 16 heteroatoms. The zero-order chi connectivity index (χ0) is 32.4. The van der Waals surface area contributed by atoms with Crippen molar-refractivity contribution in [3.63, 3.8) is 0 Å². The van der Waals surface area contributed by atoms with Crippen molar-refractivity contribution >= 4 is 21.2 Å². The monoisotopic (exact) mass is 641 g/mol. The SMILES string of the molecule is COCS(=O)(=O)c1cccc(-c2ccc(-n3cc(C(F)(F)F)nc3C)c(N(N)/C(=C\N)c3ccc(OC(F)(F)F)cc3)c2)c1. The number of hydrazine groups is 1. The third-order valence-corrected chi connectivity index (χ3v) is 7.79. The first kappa shape index (κ1) is 32.4. The van der Waals surface area contributed by atoms with Gasteiger partial charge in [-0.15, -0.1) is 13.2 Å². The summed E-state index contributed by atoms with van der Waals surface area (Å²) in [4.78, 5) is 3.58. The number of aryl methyl sites for hydroxylation is 1. The highest BCUT2D eigenvalue weighted by molar-refractivity contribution is 7.91. The molecule has 1 aromatic heterocycles. The first-order chi connectivity index (χ1) is 20.5. The quantitative estimate of drug-likeness (QED) is 0.134. The minimum atomic E-state index is -4.92. The van der Waals surface area contributed by atoms with Gasteiger partial charge in [-0.25, -0.2) is 19.2 Å². The van der Waals surface area contributed by atoms with Gasteiger partial charge in [0.1, 0.15) is 11.6 Å². The van der Waals surface area contributed by atoms with Gasteiger partial charge in [-0.3, -0.25) is 5.01 Å². The summed E-state index contributed by atoms with van der Waals surface area (Å²) >= 11 is 0. The number of methoxy groups -OCH3 is 1. The van der Waals surface area contributed by atoms with Gasteiger partial charge in [0.2, 0.25) is 9.84 Å². The van der Waals surface area contributed by atoms with E-state index in [1.807, 2.05) is 0 Å². The number of nitrogens with two attached hydrogens (primary N) is 2. The van der Waals surface area contributed by atoms with Crippen LogP contribution >= 0.6 is 0 Å². The second-order valence-electron chi connectivity index (χ2n) is 9.29. The number of alkyl halides is 6. The highest BCUT2D eigenvalue weighted by atomic mass is 32.2. The highest BCUT2D eigenvalue weighted by Crippen LogP contribution is 2.37. The Labute approximate surface area is 247 Å². The van der Waals surface area contributed by atoms with Gasteiger partial charge in [-0.1, -0.05) is 18.2 Å². The number of rotatable bonds is 9. The lowest BCUT2D eigenvalue weighted by atomic mass is 10.0. The zero-order valence-corrected chi connectivity index (χ0v) is 23.8. The van der Waals surface area contributed by atoms with Crippen LogP contribution in [0.2, 0.25) is 0 Å². The third-order valence-electron chi connectivity index (χ3n) is 6.27. The van der Waals surface area contributed by atoms with Crippen molar-refractivity contribution in [3.05, 3.63) is 96.2 Å². The Morgan fingerprint density at radius 2 is 1.66 bits per heavy atom. The van der Waals surface area contributed by atoms with Crippen molar-refractivity contribution in [2.45, 2.75) is 24.4 Å². The molecule has 0 bridgehead atoms. The average Bonchev–Trinajstić information content (AvgIpc) is 3.35. The van der Waals surface area contributed by atoms with Crippen molar-refractivity contribution < 1.29 is 44.2 Å². The Morgan fingerprint density at radius 1 is 1.00 bits per heavy atom. The lowest BCUT2D eigenvalue weighted by Crippen LogP contribution is -2.31. The summed E-state index contributed by atoms with van der Waals surface area (Å²) in [7, 11) is -2.55. The summed E-state index contributed by atoms with van der Waals surface area (Å²) in [6, 6.07) is 15.0. The first-order valence-electron chi connectivity index (χ1n) is 12.5. The molecular weight excluding hydrogens is 616 g/mol. The molecule has 4 N–H and O–H groups in total. The average molecular weight is 642 g/mol. The van der Waals surface area contributed by atoms with E-state index in [0.717, 1.165) is 34.1 Å². The molecule has 0 saturated carbocycles. The van der Waals surface area contributed by atoms with Crippen LogP contribution in [0.4, 0.5) is 32.0 Å². The summed E-state index contributed by atoms with van der Waals surface area (Å²) < 4.78 is 113. The predicted octanol–water partition coefficient (Wildman–Crippen LogP) is 5.78. The van der Waals surface area contributed by atoms with E-state index in [0.29, 0.717) is 11.1 Å². The molecule has 234 valence electrons. The van der Waals surface area contributed by atoms with Gasteiger partial charge in [-0.05, 0) is 66.6 Å². The van der Waals surface area contributed by atoms with E-state index >= 15 is 0 Å². The van der Waals surface area contributed by atoms with Crippen LogP contribution in [-0.2, 0) is 20.8 Å². The normalized spacial score (nSPS) is 12.8. The van der Waals surface area contributed by atoms with Crippen LogP contribution in [0.15, 0.2) is 84.0 Å². The van der Waals surface area contributed by atoms with Gasteiger partial charge in [0, 0.05) is 25.1 Å². The van der Waals surface area contributed by atoms with Crippen molar-refractivity contribution in [2.75, 3.05) is 18.1 Å². The Balaban J connectivity index is 1.86. The smallest absolute Gasteiger partial charge is 0.406 e. The number of halogens is 6. The standard InChI is InChI=1S/C28H25F6N5O4S/c1-17-37-26(27(29,30)31)15-38(17)23-11-8-20(19-4-3-5-22(12-19)44(40,41)16-42-2)13-24(23)39(36)25(14-35)18-6-9-21(10-7-18)43-28(32,33)34/h3-15H,16,35-36H2,1-2H3/b25-14-. The molecule has 0 aliphatic carbocycles. The lowest BCUT2D eigenvalue weighted by molar-refractivity contribution is -0.274. The van der Waals surface area contributed by atoms with Crippen LogP contribution in [0.5, 0.6) is 5.75 Å². The Morgan fingerprint density at radius 3 is 2.23 bits per heavy atom. The second kappa shape index (κ2) is 12.2. The molecule has 4 rings (SSSR count). The largest absolute Gasteiger partial charge is 0.573 e. The molecule has 0 aliphatic rings. The summed E-state index contributed by atoms with van der Waals surface area (Å²) in [5, 5.41) is 1.04. The van der Waals surface area contributed by atoms with E-state index in [9.17, 15) is 34.8 Å². The van der Waals surface area contributed by atoms with Crippen LogP contribution in [0.1, 0.15) is 17.1 Å². The Kier molecular flexibility index (Phi) is 8.99. The minimum absolute atomic E-state index is 0.0284. The summed E-state index contributed by atoms with van der Waals surface area (Å²) in [5.74, 6) is 5.41. The number of ether oxygens (including phenoxy) is 2. The van der Waals surface area contributed by atoms with Crippen molar-refractivity contribution in [3.8, 4) is 22.6 Å². The lowest BCUT2D eigenvalue weighted by Gasteiger charge is -2.26. The molecule has 0 aliphatic heterocycles. The van der Waals surface area contributed by atoms with Gasteiger partial charge >= 0.3 is 12.5 Å².